The first-order valence-electron chi connectivity index (χ1n) is 9.27. The topological polar surface area (TPSA) is 151 Å². The zero-order chi connectivity index (χ0) is 22.5. The highest BCUT2D eigenvalue weighted by molar-refractivity contribution is 5.92. The van der Waals surface area contributed by atoms with Crippen LogP contribution in [0.3, 0.4) is 0 Å². The molecule has 2 N–H and O–H groups in total. The molecule has 0 unspecified atom stereocenters. The van der Waals surface area contributed by atoms with Gasteiger partial charge in [-0.15, -0.1) is 0 Å². The highest BCUT2D eigenvalue weighted by Gasteiger charge is 2.38. The Labute approximate surface area is 177 Å². The van der Waals surface area contributed by atoms with Crippen LogP contribution in [0, 0.1) is 21.4 Å². The number of nitriles is 1. The normalized spacial score (nSPS) is 15.8. The minimum Gasteiger partial charge on any atom is -0.479 e. The molecule has 1 aliphatic heterocycles. The predicted octanol–water partition coefficient (Wildman–Crippen LogP) is 3.41. The first-order valence-corrected chi connectivity index (χ1v) is 9.27. The smallest absolute Gasteiger partial charge is 0.338 e. The van der Waals surface area contributed by atoms with Gasteiger partial charge in [0.05, 0.1) is 23.0 Å². The Balaban J connectivity index is 1.90. The van der Waals surface area contributed by atoms with Crippen LogP contribution < -0.4 is 10.5 Å². The van der Waals surface area contributed by atoms with E-state index in [4.69, 9.17) is 24.4 Å². The molecule has 1 aromatic heterocycles. The maximum Gasteiger partial charge on any atom is 0.338 e. The number of esters is 1. The van der Waals surface area contributed by atoms with E-state index < -0.39 is 16.8 Å². The molecular weight excluding hydrogens is 406 g/mol. The van der Waals surface area contributed by atoms with E-state index in [0.29, 0.717) is 5.76 Å². The van der Waals surface area contributed by atoms with Crippen LogP contribution in [-0.2, 0) is 20.9 Å². The molecule has 3 rings (SSSR count). The number of carbonyl (C=O) groups excluding carboxylic acids is 1. The summed E-state index contributed by atoms with van der Waals surface area (Å²) in [7, 11) is 0. The van der Waals surface area contributed by atoms with Crippen molar-refractivity contribution in [1.82, 2.24) is 0 Å². The van der Waals surface area contributed by atoms with E-state index in [0.717, 1.165) is 0 Å². The first-order chi connectivity index (χ1) is 14.9. The molecule has 0 radical (unpaired) electrons. The second-order valence-corrected chi connectivity index (χ2v) is 6.43. The fourth-order valence-corrected chi connectivity index (χ4v) is 3.15. The summed E-state index contributed by atoms with van der Waals surface area (Å²) in [6.07, 6.45) is 0. The number of nitrogens with zero attached hydrogens (tertiary/aromatic N) is 2. The summed E-state index contributed by atoms with van der Waals surface area (Å²) in [4.78, 5) is 23.1. The molecule has 0 saturated heterocycles. The molecule has 0 aliphatic carbocycles. The number of para-hydroxylation sites is 2. The van der Waals surface area contributed by atoms with Gasteiger partial charge in [-0.3, -0.25) is 10.1 Å². The Morgan fingerprint density at radius 1 is 1.32 bits per heavy atom. The number of hydrogen-bond donors (Lipinski definition) is 1. The van der Waals surface area contributed by atoms with E-state index in [9.17, 15) is 20.2 Å². The standard InChI is InChI=1S/C21H19N3O7/c1-3-28-21(25)18-12(2)30-20(23)14(10-22)19(18)17-9-8-13(31-17)11-29-16-7-5-4-6-15(16)24(26)27/h4-9,19H,3,11,23H2,1-2H3/t19-/m0/s1. The predicted molar refractivity (Wildman–Crippen MR) is 106 cm³/mol. The van der Waals surface area contributed by atoms with Crippen molar-refractivity contribution in [3.8, 4) is 11.8 Å². The van der Waals surface area contributed by atoms with Gasteiger partial charge in [0.1, 0.15) is 35.5 Å². The van der Waals surface area contributed by atoms with Crippen molar-refractivity contribution in [3.63, 3.8) is 0 Å². The molecule has 0 spiro atoms. The van der Waals surface area contributed by atoms with Gasteiger partial charge in [0.25, 0.3) is 0 Å². The van der Waals surface area contributed by atoms with Crippen molar-refractivity contribution in [2.75, 3.05) is 6.61 Å². The van der Waals surface area contributed by atoms with Crippen LogP contribution in [0.5, 0.6) is 5.75 Å². The van der Waals surface area contributed by atoms with Gasteiger partial charge < -0.3 is 24.4 Å². The molecule has 0 fully saturated rings. The Kier molecular flexibility index (Phi) is 6.26. The van der Waals surface area contributed by atoms with E-state index in [2.05, 4.69) is 0 Å². The van der Waals surface area contributed by atoms with E-state index in [1.807, 2.05) is 6.07 Å². The van der Waals surface area contributed by atoms with Crippen molar-refractivity contribution < 1.29 is 28.3 Å². The summed E-state index contributed by atoms with van der Waals surface area (Å²) in [5.41, 5.74) is 5.79. The molecule has 31 heavy (non-hydrogen) atoms. The molecule has 10 heteroatoms. The van der Waals surface area contributed by atoms with Gasteiger partial charge in [-0.1, -0.05) is 12.1 Å². The Morgan fingerprint density at radius 3 is 2.74 bits per heavy atom. The fraction of sp³-hybridized carbons (Fsp3) is 0.238. The van der Waals surface area contributed by atoms with E-state index in [1.165, 1.54) is 18.2 Å². The van der Waals surface area contributed by atoms with Crippen LogP contribution in [0.2, 0.25) is 0 Å². The maximum atomic E-state index is 12.5. The number of furan rings is 1. The van der Waals surface area contributed by atoms with Gasteiger partial charge in [0, 0.05) is 6.07 Å². The second kappa shape index (κ2) is 9.04. The zero-order valence-electron chi connectivity index (χ0n) is 16.8. The monoisotopic (exact) mass is 425 g/mol. The molecule has 0 bridgehead atoms. The number of nitrogens with two attached hydrogens (primary N) is 1. The number of rotatable bonds is 7. The van der Waals surface area contributed by atoms with Gasteiger partial charge in [-0.25, -0.2) is 4.79 Å². The van der Waals surface area contributed by atoms with E-state index in [-0.39, 0.29) is 53.2 Å². The Bertz CT molecular complexity index is 1120. The molecule has 2 heterocycles. The lowest BCUT2D eigenvalue weighted by Gasteiger charge is -2.25. The number of carbonyl (C=O) groups is 1. The SMILES string of the molecule is CCOC(=O)C1=C(C)OC(N)=C(C#N)[C@H]1c1ccc(COc2ccccc2[N+](=O)[O-])o1. The molecular formula is C21H19N3O7. The highest BCUT2D eigenvalue weighted by Crippen LogP contribution is 2.40. The third-order valence-corrected chi connectivity index (χ3v) is 4.50. The number of hydrogen-bond acceptors (Lipinski definition) is 9. The Hall–Kier alpha value is -4.26. The van der Waals surface area contributed by atoms with Crippen molar-refractivity contribution in [3.05, 3.63) is 80.8 Å². The summed E-state index contributed by atoms with van der Waals surface area (Å²) >= 11 is 0. The minimum atomic E-state index is -0.919. The Morgan fingerprint density at radius 2 is 2.06 bits per heavy atom. The van der Waals surface area contributed by atoms with E-state index in [1.54, 1.807) is 32.0 Å². The van der Waals surface area contributed by atoms with Crippen LogP contribution in [0.25, 0.3) is 0 Å². The molecule has 0 saturated carbocycles. The summed E-state index contributed by atoms with van der Waals surface area (Å²) < 4.78 is 21.8. The lowest BCUT2D eigenvalue weighted by molar-refractivity contribution is -0.386. The third kappa shape index (κ3) is 4.35. The van der Waals surface area contributed by atoms with E-state index >= 15 is 0 Å². The average molecular weight is 425 g/mol. The molecule has 160 valence electrons. The molecule has 1 aromatic carbocycles. The van der Waals surface area contributed by atoms with Crippen molar-refractivity contribution in [2.45, 2.75) is 26.4 Å². The molecule has 1 aliphatic rings. The largest absolute Gasteiger partial charge is 0.479 e. The summed E-state index contributed by atoms with van der Waals surface area (Å²) in [6.45, 7) is 3.23. The number of benzene rings is 1. The van der Waals surface area contributed by atoms with Gasteiger partial charge in [-0.05, 0) is 32.0 Å². The maximum absolute atomic E-state index is 12.5. The summed E-state index contributed by atoms with van der Waals surface area (Å²) in [6, 6.07) is 11.1. The van der Waals surface area contributed by atoms with Crippen molar-refractivity contribution in [2.24, 2.45) is 5.73 Å². The molecule has 0 amide bonds. The highest BCUT2D eigenvalue weighted by atomic mass is 16.6. The van der Waals surface area contributed by atoms with Gasteiger partial charge in [0.15, 0.2) is 5.75 Å². The van der Waals surface area contributed by atoms with Crippen molar-refractivity contribution in [1.29, 1.82) is 5.26 Å². The third-order valence-electron chi connectivity index (χ3n) is 4.50. The lowest BCUT2D eigenvalue weighted by atomic mass is 9.87. The molecule has 2 aromatic rings. The zero-order valence-corrected chi connectivity index (χ0v) is 16.8. The van der Waals surface area contributed by atoms with Gasteiger partial charge in [0.2, 0.25) is 5.88 Å². The van der Waals surface area contributed by atoms with Crippen LogP contribution >= 0.6 is 0 Å². The molecule has 10 nitrogen and oxygen atoms in total. The van der Waals surface area contributed by atoms with Crippen LogP contribution in [0.15, 0.2) is 63.6 Å². The number of ether oxygens (including phenoxy) is 3. The van der Waals surface area contributed by atoms with Crippen molar-refractivity contribution >= 4 is 11.7 Å². The van der Waals surface area contributed by atoms with Gasteiger partial charge in [-0.2, -0.15) is 5.26 Å². The number of allylic oxidation sites excluding steroid dienone is 2. The molecule has 1 atom stereocenters. The lowest BCUT2D eigenvalue weighted by Crippen LogP contribution is -2.25. The van der Waals surface area contributed by atoms with Gasteiger partial charge >= 0.3 is 11.7 Å². The second-order valence-electron chi connectivity index (χ2n) is 6.43. The van der Waals surface area contributed by atoms with Crippen LogP contribution in [-0.4, -0.2) is 17.5 Å². The first kappa shape index (κ1) is 21.4. The van der Waals surface area contributed by atoms with Crippen LogP contribution in [0.1, 0.15) is 31.3 Å². The quantitative estimate of drug-likeness (QED) is 0.399. The fourth-order valence-electron chi connectivity index (χ4n) is 3.15. The average Bonchev–Trinajstić information content (AvgIpc) is 3.20. The summed E-state index contributed by atoms with van der Waals surface area (Å²) in [5, 5.41) is 20.7. The number of nitro benzene ring substituents is 1. The van der Waals surface area contributed by atoms with Crippen LogP contribution in [0.4, 0.5) is 5.69 Å². The summed E-state index contributed by atoms with van der Waals surface area (Å²) in [5.74, 6) is -0.831. The minimum absolute atomic E-state index is 0.00849. The number of nitro groups is 1.